The highest BCUT2D eigenvalue weighted by Gasteiger charge is 2.69. The molecule has 2 heteroatoms. The van der Waals surface area contributed by atoms with Gasteiger partial charge in [0.15, 0.2) is 0 Å². The normalized spacial score (nSPS) is 48.2. The highest BCUT2D eigenvalue weighted by Crippen LogP contribution is 2.74. The highest BCUT2D eigenvalue weighted by molar-refractivity contribution is 5.46. The molecule has 2 N–H and O–H groups in total. The molecule has 0 radical (unpaired) electrons. The third-order valence-electron chi connectivity index (χ3n) is 12.1. The van der Waals surface area contributed by atoms with Crippen LogP contribution in [0.3, 0.4) is 0 Å². The van der Waals surface area contributed by atoms with Crippen LogP contribution in [-0.4, -0.2) is 22.4 Å². The number of hydrogen-bond donors (Lipinski definition) is 2. The van der Waals surface area contributed by atoms with E-state index < -0.39 is 12.2 Å². The van der Waals surface area contributed by atoms with Crippen molar-refractivity contribution in [2.45, 2.75) is 112 Å². The Balaban J connectivity index is 1.62. The van der Waals surface area contributed by atoms with Crippen LogP contribution in [0.1, 0.15) is 101 Å². The molecule has 0 saturated heterocycles. The molecule has 0 spiro atoms. The van der Waals surface area contributed by atoms with Crippen LogP contribution >= 0.6 is 0 Å². The molecule has 8 atom stereocenters. The summed E-state index contributed by atoms with van der Waals surface area (Å²) in [6.45, 7) is 16.7. The smallest absolute Gasteiger partial charge is 0.0624 e. The predicted octanol–water partition coefficient (Wildman–Crippen LogP) is 6.32. The quantitative estimate of drug-likeness (QED) is 0.511. The molecule has 1 aromatic carbocycles. The molecule has 3 fully saturated rings. The Bertz CT molecular complexity index is 902. The lowest BCUT2D eigenvalue weighted by Gasteiger charge is -2.72. The summed E-state index contributed by atoms with van der Waals surface area (Å²) in [5.74, 6) is 1.54. The van der Waals surface area contributed by atoms with Crippen LogP contribution in [-0.2, 0) is 6.42 Å². The van der Waals surface area contributed by atoms with Gasteiger partial charge in [-0.1, -0.05) is 46.8 Å². The van der Waals surface area contributed by atoms with Gasteiger partial charge in [0.1, 0.15) is 0 Å². The first-order valence-electron chi connectivity index (χ1n) is 12.8. The number of fused-ring (bicyclic) bond motifs is 7. The number of benzene rings is 1. The summed E-state index contributed by atoms with van der Waals surface area (Å²) < 4.78 is 0. The van der Waals surface area contributed by atoms with E-state index in [1.165, 1.54) is 43.2 Å². The lowest BCUT2D eigenvalue weighted by Crippen LogP contribution is -2.68. The fourth-order valence-corrected chi connectivity index (χ4v) is 9.77. The van der Waals surface area contributed by atoms with Crippen LogP contribution in [0.4, 0.5) is 0 Å². The van der Waals surface area contributed by atoms with Crippen LogP contribution in [0.2, 0.25) is 0 Å². The van der Waals surface area contributed by atoms with E-state index in [1.807, 2.05) is 0 Å². The van der Waals surface area contributed by atoms with Gasteiger partial charge in [0.2, 0.25) is 0 Å². The number of aliphatic hydroxyl groups is 2. The second-order valence-electron chi connectivity index (χ2n) is 13.1. The van der Waals surface area contributed by atoms with Crippen molar-refractivity contribution in [2.75, 3.05) is 0 Å². The molecule has 5 rings (SSSR count). The van der Waals surface area contributed by atoms with E-state index in [-0.39, 0.29) is 21.7 Å². The third-order valence-corrected chi connectivity index (χ3v) is 12.1. The molecular formula is C29H44O2. The third kappa shape index (κ3) is 2.53. The molecule has 1 unspecified atom stereocenters. The van der Waals surface area contributed by atoms with E-state index in [9.17, 15) is 10.2 Å². The van der Waals surface area contributed by atoms with E-state index in [0.29, 0.717) is 24.2 Å². The second kappa shape index (κ2) is 6.60. The van der Waals surface area contributed by atoms with Crippen LogP contribution in [0.5, 0.6) is 0 Å². The van der Waals surface area contributed by atoms with Gasteiger partial charge in [0.05, 0.1) is 12.2 Å². The van der Waals surface area contributed by atoms with Gasteiger partial charge >= 0.3 is 0 Å². The van der Waals surface area contributed by atoms with Gasteiger partial charge < -0.3 is 10.2 Å². The minimum absolute atomic E-state index is 0.106. The van der Waals surface area contributed by atoms with E-state index in [4.69, 9.17) is 0 Å². The van der Waals surface area contributed by atoms with Gasteiger partial charge in [0, 0.05) is 11.8 Å². The number of hydrogen-bond acceptors (Lipinski definition) is 2. The standard InChI is InChI=1S/C29H44O2/c1-17-8-9-19-12-14-27(5)20(25(19)18(17)2)10-11-22-28(27,6)15-13-21-26(3,4)23(30)16-24(31)29(21,22)7/h8-9,20-24,30-31H,10-16H2,1-7H3/t20-,21+,22+,23-,24?,27-,28-,29+/m1/s1. The molecular weight excluding hydrogens is 380 g/mol. The fourth-order valence-electron chi connectivity index (χ4n) is 9.77. The zero-order valence-electron chi connectivity index (χ0n) is 20.9. The predicted molar refractivity (Wildman–Crippen MR) is 127 cm³/mol. The highest BCUT2D eigenvalue weighted by atomic mass is 16.3. The van der Waals surface area contributed by atoms with Crippen molar-refractivity contribution in [1.29, 1.82) is 0 Å². The maximum absolute atomic E-state index is 11.5. The summed E-state index contributed by atoms with van der Waals surface area (Å²) in [5, 5.41) is 22.3. The van der Waals surface area contributed by atoms with Crippen molar-refractivity contribution in [2.24, 2.45) is 33.5 Å². The summed E-state index contributed by atoms with van der Waals surface area (Å²) in [5.41, 5.74) is 6.49. The average Bonchev–Trinajstić information content (AvgIpc) is 2.70. The topological polar surface area (TPSA) is 40.5 Å². The molecule has 1 aromatic rings. The van der Waals surface area contributed by atoms with Gasteiger partial charge in [-0.15, -0.1) is 0 Å². The van der Waals surface area contributed by atoms with E-state index in [2.05, 4.69) is 60.6 Å². The SMILES string of the molecule is Cc1ccc2c(c1C)[C@H]1CC[C@@H]3[C@@]4(C)C(O)C[C@@H](O)C(C)(C)[C@@H]4CC[C@@]3(C)[C@]1(C)CC2. The zero-order chi connectivity index (χ0) is 22.6. The zero-order valence-corrected chi connectivity index (χ0v) is 20.9. The summed E-state index contributed by atoms with van der Waals surface area (Å²) in [7, 11) is 0. The van der Waals surface area contributed by atoms with Crippen molar-refractivity contribution in [3.05, 3.63) is 34.4 Å². The monoisotopic (exact) mass is 424 g/mol. The molecule has 3 saturated carbocycles. The van der Waals surface area contributed by atoms with Crippen LogP contribution < -0.4 is 0 Å². The lowest BCUT2D eigenvalue weighted by molar-refractivity contribution is -0.255. The first-order chi connectivity index (χ1) is 14.4. The molecule has 31 heavy (non-hydrogen) atoms. The maximum Gasteiger partial charge on any atom is 0.0624 e. The Hall–Kier alpha value is -0.860. The molecule has 0 aromatic heterocycles. The van der Waals surface area contributed by atoms with E-state index in [0.717, 1.165) is 6.42 Å². The summed E-state index contributed by atoms with van der Waals surface area (Å²) >= 11 is 0. The largest absolute Gasteiger partial charge is 0.392 e. The summed E-state index contributed by atoms with van der Waals surface area (Å²) in [6, 6.07) is 4.72. The van der Waals surface area contributed by atoms with E-state index in [1.54, 1.807) is 11.1 Å². The molecule has 0 aliphatic heterocycles. The van der Waals surface area contributed by atoms with Crippen molar-refractivity contribution >= 4 is 0 Å². The van der Waals surface area contributed by atoms with Crippen LogP contribution in [0.15, 0.2) is 12.1 Å². The Kier molecular flexibility index (Phi) is 4.67. The number of aryl methyl sites for hydroxylation is 2. The molecule has 2 nitrogen and oxygen atoms in total. The minimum Gasteiger partial charge on any atom is -0.392 e. The van der Waals surface area contributed by atoms with Gasteiger partial charge in [0.25, 0.3) is 0 Å². The lowest BCUT2D eigenvalue weighted by atomic mass is 9.33. The summed E-state index contributed by atoms with van der Waals surface area (Å²) in [6.07, 6.45) is 7.01. The first-order valence-corrected chi connectivity index (χ1v) is 12.8. The average molecular weight is 425 g/mol. The minimum atomic E-state index is -0.399. The van der Waals surface area contributed by atoms with E-state index >= 15 is 0 Å². The molecule has 0 heterocycles. The van der Waals surface area contributed by atoms with Crippen molar-refractivity contribution < 1.29 is 10.2 Å². The molecule has 0 amide bonds. The Labute approximate surface area is 189 Å². The molecule has 0 bridgehead atoms. The van der Waals surface area contributed by atoms with Crippen molar-refractivity contribution in [3.63, 3.8) is 0 Å². The molecule has 4 aliphatic carbocycles. The van der Waals surface area contributed by atoms with Gasteiger partial charge in [-0.2, -0.15) is 0 Å². The first kappa shape index (κ1) is 22.0. The molecule has 172 valence electrons. The maximum atomic E-state index is 11.5. The van der Waals surface area contributed by atoms with Gasteiger partial charge in [-0.25, -0.2) is 0 Å². The van der Waals surface area contributed by atoms with Crippen LogP contribution in [0.25, 0.3) is 0 Å². The fraction of sp³-hybridized carbons (Fsp3) is 0.793. The van der Waals surface area contributed by atoms with Crippen molar-refractivity contribution in [1.82, 2.24) is 0 Å². The van der Waals surface area contributed by atoms with Gasteiger partial charge in [-0.3, -0.25) is 0 Å². The number of aliphatic hydroxyl groups excluding tert-OH is 2. The summed E-state index contributed by atoms with van der Waals surface area (Å²) in [4.78, 5) is 0. The Morgan fingerprint density at radius 2 is 1.52 bits per heavy atom. The van der Waals surface area contributed by atoms with Crippen LogP contribution in [0, 0.1) is 47.3 Å². The second-order valence-corrected chi connectivity index (χ2v) is 13.1. The van der Waals surface area contributed by atoms with Crippen molar-refractivity contribution in [3.8, 4) is 0 Å². The number of rotatable bonds is 0. The molecule has 4 aliphatic rings. The Morgan fingerprint density at radius 1 is 0.806 bits per heavy atom. The van der Waals surface area contributed by atoms with Gasteiger partial charge in [-0.05, 0) is 109 Å². The Morgan fingerprint density at radius 3 is 2.23 bits per heavy atom.